The fourth-order valence-corrected chi connectivity index (χ4v) is 2.66. The SMILES string of the molecule is Cc1ccc(CCNC(=O)c2ncn([C@H]3CCCNC3)n2)cn1. The van der Waals surface area contributed by atoms with E-state index in [0.29, 0.717) is 6.54 Å². The first-order valence-corrected chi connectivity index (χ1v) is 8.04. The summed E-state index contributed by atoms with van der Waals surface area (Å²) in [5, 5.41) is 10.5. The average molecular weight is 314 g/mol. The maximum absolute atomic E-state index is 12.1. The number of pyridine rings is 1. The molecule has 2 aromatic rings. The van der Waals surface area contributed by atoms with Crippen molar-refractivity contribution in [2.75, 3.05) is 19.6 Å². The molecule has 1 fully saturated rings. The summed E-state index contributed by atoms with van der Waals surface area (Å²) in [6, 6.07) is 4.28. The third kappa shape index (κ3) is 4.13. The minimum atomic E-state index is -0.229. The topological polar surface area (TPSA) is 84.7 Å². The lowest BCUT2D eigenvalue weighted by atomic mass is 10.1. The van der Waals surface area contributed by atoms with Gasteiger partial charge in [0.25, 0.3) is 5.91 Å². The number of aromatic nitrogens is 4. The molecule has 23 heavy (non-hydrogen) atoms. The second-order valence-corrected chi connectivity index (χ2v) is 5.86. The van der Waals surface area contributed by atoms with Gasteiger partial charge in [0.05, 0.1) is 6.04 Å². The first kappa shape index (κ1) is 15.6. The minimum Gasteiger partial charge on any atom is -0.349 e. The number of carbonyl (C=O) groups excluding carboxylic acids is 1. The molecule has 0 unspecified atom stereocenters. The Labute approximate surface area is 135 Å². The van der Waals surface area contributed by atoms with E-state index in [9.17, 15) is 4.79 Å². The molecule has 0 spiro atoms. The number of aryl methyl sites for hydroxylation is 1. The number of hydrogen-bond acceptors (Lipinski definition) is 5. The molecule has 1 atom stereocenters. The zero-order valence-corrected chi connectivity index (χ0v) is 13.3. The van der Waals surface area contributed by atoms with E-state index < -0.39 is 0 Å². The van der Waals surface area contributed by atoms with Gasteiger partial charge in [-0.15, -0.1) is 5.10 Å². The Bertz CT molecular complexity index is 645. The Kier molecular flexibility index (Phi) is 4.97. The van der Waals surface area contributed by atoms with E-state index in [1.807, 2.05) is 25.3 Å². The molecule has 0 radical (unpaired) electrons. The van der Waals surface area contributed by atoms with Crippen LogP contribution in [0.2, 0.25) is 0 Å². The van der Waals surface area contributed by atoms with Crippen molar-refractivity contribution in [2.24, 2.45) is 0 Å². The Morgan fingerprint density at radius 3 is 3.09 bits per heavy atom. The molecular weight excluding hydrogens is 292 g/mol. The first-order chi connectivity index (χ1) is 11.2. The minimum absolute atomic E-state index is 0.229. The standard InChI is InChI=1S/C16H22N6O/c1-12-4-5-13(9-19-12)6-8-18-16(23)15-20-11-22(21-15)14-3-2-7-17-10-14/h4-5,9,11,14,17H,2-3,6-8,10H2,1H3,(H,18,23)/t14-/m0/s1. The van der Waals surface area contributed by atoms with Crippen LogP contribution in [-0.2, 0) is 6.42 Å². The fraction of sp³-hybridized carbons (Fsp3) is 0.500. The van der Waals surface area contributed by atoms with Crippen molar-refractivity contribution in [1.29, 1.82) is 0 Å². The molecule has 7 heteroatoms. The highest BCUT2D eigenvalue weighted by Gasteiger charge is 2.18. The van der Waals surface area contributed by atoms with E-state index in [1.165, 1.54) is 0 Å². The van der Waals surface area contributed by atoms with Crippen molar-refractivity contribution >= 4 is 5.91 Å². The number of nitrogens with one attached hydrogen (secondary N) is 2. The van der Waals surface area contributed by atoms with Crippen LogP contribution >= 0.6 is 0 Å². The number of amides is 1. The molecule has 0 saturated carbocycles. The lowest BCUT2D eigenvalue weighted by Crippen LogP contribution is -2.32. The number of carbonyl (C=O) groups is 1. The second-order valence-electron chi connectivity index (χ2n) is 5.86. The van der Waals surface area contributed by atoms with Gasteiger partial charge in [-0.1, -0.05) is 6.07 Å². The fourth-order valence-electron chi connectivity index (χ4n) is 2.66. The lowest BCUT2D eigenvalue weighted by molar-refractivity contribution is 0.0943. The van der Waals surface area contributed by atoms with Crippen molar-refractivity contribution < 1.29 is 4.79 Å². The summed E-state index contributed by atoms with van der Waals surface area (Å²) in [6.45, 7) is 4.43. The highest BCUT2D eigenvalue weighted by molar-refractivity contribution is 5.90. The van der Waals surface area contributed by atoms with E-state index in [-0.39, 0.29) is 17.8 Å². The lowest BCUT2D eigenvalue weighted by Gasteiger charge is -2.22. The molecule has 2 N–H and O–H groups in total. The molecule has 7 nitrogen and oxygen atoms in total. The zero-order valence-electron chi connectivity index (χ0n) is 13.3. The molecule has 2 aromatic heterocycles. The maximum atomic E-state index is 12.1. The van der Waals surface area contributed by atoms with Gasteiger partial charge in [-0.05, 0) is 44.4 Å². The van der Waals surface area contributed by atoms with E-state index >= 15 is 0 Å². The largest absolute Gasteiger partial charge is 0.349 e. The quantitative estimate of drug-likeness (QED) is 0.856. The van der Waals surface area contributed by atoms with Gasteiger partial charge < -0.3 is 10.6 Å². The van der Waals surface area contributed by atoms with Crippen LogP contribution in [0.4, 0.5) is 0 Å². The van der Waals surface area contributed by atoms with Gasteiger partial charge in [-0.2, -0.15) is 0 Å². The van der Waals surface area contributed by atoms with Crippen LogP contribution in [0.3, 0.4) is 0 Å². The average Bonchev–Trinajstić information content (AvgIpc) is 3.07. The third-order valence-corrected chi connectivity index (χ3v) is 4.03. The van der Waals surface area contributed by atoms with Crippen LogP contribution in [0.25, 0.3) is 0 Å². The van der Waals surface area contributed by atoms with Gasteiger partial charge in [0.2, 0.25) is 5.82 Å². The van der Waals surface area contributed by atoms with E-state index in [1.54, 1.807) is 11.0 Å². The summed E-state index contributed by atoms with van der Waals surface area (Å²) in [6.07, 6.45) is 6.42. The van der Waals surface area contributed by atoms with Crippen molar-refractivity contribution in [3.63, 3.8) is 0 Å². The molecule has 122 valence electrons. The van der Waals surface area contributed by atoms with Crippen LogP contribution in [0.1, 0.15) is 40.8 Å². The van der Waals surface area contributed by atoms with Crippen LogP contribution < -0.4 is 10.6 Å². The van der Waals surface area contributed by atoms with E-state index in [0.717, 1.165) is 43.6 Å². The molecule has 1 saturated heterocycles. The predicted molar refractivity (Wildman–Crippen MR) is 86.2 cm³/mol. The van der Waals surface area contributed by atoms with Gasteiger partial charge in [0.1, 0.15) is 6.33 Å². The predicted octanol–water partition coefficient (Wildman–Crippen LogP) is 0.879. The van der Waals surface area contributed by atoms with Crippen molar-refractivity contribution in [3.05, 3.63) is 41.7 Å². The molecule has 0 aromatic carbocycles. The molecule has 1 aliphatic heterocycles. The highest BCUT2D eigenvalue weighted by Crippen LogP contribution is 2.14. The third-order valence-electron chi connectivity index (χ3n) is 4.03. The molecule has 1 amide bonds. The summed E-state index contributed by atoms with van der Waals surface area (Å²) in [5.74, 6) is 0.00481. The Balaban J connectivity index is 1.50. The first-order valence-electron chi connectivity index (χ1n) is 8.04. The number of rotatable bonds is 5. The Hall–Kier alpha value is -2.28. The molecule has 3 rings (SSSR count). The van der Waals surface area contributed by atoms with Gasteiger partial charge in [0.15, 0.2) is 0 Å². The maximum Gasteiger partial charge on any atom is 0.290 e. The van der Waals surface area contributed by atoms with Crippen molar-refractivity contribution in [1.82, 2.24) is 30.4 Å². The summed E-state index contributed by atoms with van der Waals surface area (Å²) in [7, 11) is 0. The summed E-state index contributed by atoms with van der Waals surface area (Å²) >= 11 is 0. The van der Waals surface area contributed by atoms with Gasteiger partial charge in [0, 0.05) is 25.0 Å². The highest BCUT2D eigenvalue weighted by atomic mass is 16.2. The molecule has 1 aliphatic rings. The molecule has 3 heterocycles. The Morgan fingerprint density at radius 2 is 2.35 bits per heavy atom. The zero-order chi connectivity index (χ0) is 16.1. The molecular formula is C16H22N6O. The van der Waals surface area contributed by atoms with Crippen molar-refractivity contribution in [3.8, 4) is 0 Å². The van der Waals surface area contributed by atoms with Gasteiger partial charge in [-0.3, -0.25) is 9.78 Å². The number of piperidine rings is 1. The smallest absolute Gasteiger partial charge is 0.290 e. The second kappa shape index (κ2) is 7.32. The van der Waals surface area contributed by atoms with Gasteiger partial charge >= 0.3 is 0 Å². The summed E-state index contributed by atoms with van der Waals surface area (Å²) in [4.78, 5) is 20.5. The normalized spacial score (nSPS) is 17.9. The monoisotopic (exact) mass is 314 g/mol. The molecule has 0 aliphatic carbocycles. The van der Waals surface area contributed by atoms with Crippen molar-refractivity contribution in [2.45, 2.75) is 32.2 Å². The number of nitrogens with zero attached hydrogens (tertiary/aromatic N) is 4. The van der Waals surface area contributed by atoms with Crippen LogP contribution in [0.5, 0.6) is 0 Å². The molecule has 0 bridgehead atoms. The summed E-state index contributed by atoms with van der Waals surface area (Å²) < 4.78 is 1.80. The number of hydrogen-bond donors (Lipinski definition) is 2. The van der Waals surface area contributed by atoms with Gasteiger partial charge in [-0.25, -0.2) is 9.67 Å². The van der Waals surface area contributed by atoms with E-state index in [4.69, 9.17) is 0 Å². The van der Waals surface area contributed by atoms with Crippen LogP contribution in [-0.4, -0.2) is 45.3 Å². The van der Waals surface area contributed by atoms with Crippen LogP contribution in [0.15, 0.2) is 24.7 Å². The summed E-state index contributed by atoms with van der Waals surface area (Å²) in [5.41, 5.74) is 2.09. The Morgan fingerprint density at radius 1 is 1.43 bits per heavy atom. The van der Waals surface area contributed by atoms with E-state index in [2.05, 4.69) is 25.7 Å². The van der Waals surface area contributed by atoms with Crippen LogP contribution in [0, 0.1) is 6.92 Å².